The van der Waals surface area contributed by atoms with Crippen LogP contribution in [0.2, 0.25) is 0 Å². The third-order valence-electron chi connectivity index (χ3n) is 5.83. The average Bonchev–Trinajstić information content (AvgIpc) is 2.93. The smallest absolute Gasteiger partial charge is 0.573 e. The van der Waals surface area contributed by atoms with Gasteiger partial charge in [0.25, 0.3) is 0 Å². The number of hydrogen-bond acceptors (Lipinski definition) is 5. The molecule has 2 amide bonds. The molecule has 0 spiro atoms. The molecule has 4 rings (SSSR count). The van der Waals surface area contributed by atoms with E-state index in [0.717, 1.165) is 17.5 Å². The van der Waals surface area contributed by atoms with Gasteiger partial charge in [0.15, 0.2) is 0 Å². The molecule has 0 bridgehead atoms. The van der Waals surface area contributed by atoms with Gasteiger partial charge in [-0.3, -0.25) is 9.55 Å². The van der Waals surface area contributed by atoms with Crippen molar-refractivity contribution in [2.75, 3.05) is 18.6 Å². The summed E-state index contributed by atoms with van der Waals surface area (Å²) in [5.74, 6) is -0.0766. The first-order valence-corrected chi connectivity index (χ1v) is 10.1. The number of para-hydroxylation sites is 1. The van der Waals surface area contributed by atoms with Crippen molar-refractivity contribution in [3.63, 3.8) is 0 Å². The highest BCUT2D eigenvalue weighted by Gasteiger charge is 2.54. The van der Waals surface area contributed by atoms with Crippen LogP contribution in [0.25, 0.3) is 10.9 Å². The fourth-order valence-corrected chi connectivity index (χ4v) is 4.03. The lowest BCUT2D eigenvalue weighted by Gasteiger charge is -2.44. The van der Waals surface area contributed by atoms with E-state index in [1.807, 2.05) is 18.2 Å². The molecule has 1 unspecified atom stereocenters. The first-order chi connectivity index (χ1) is 15.4. The van der Waals surface area contributed by atoms with E-state index >= 15 is 0 Å². The number of amides is 2. The lowest BCUT2D eigenvalue weighted by Crippen LogP contribution is -2.55. The van der Waals surface area contributed by atoms with E-state index in [-0.39, 0.29) is 13.1 Å². The van der Waals surface area contributed by atoms with E-state index in [4.69, 9.17) is 4.74 Å². The lowest BCUT2D eigenvalue weighted by molar-refractivity contribution is -0.853. The number of hydroxylamine groups is 3. The van der Waals surface area contributed by atoms with Crippen LogP contribution in [0.3, 0.4) is 0 Å². The molecule has 0 aliphatic carbocycles. The zero-order valence-electron chi connectivity index (χ0n) is 18.2. The first-order valence-electron chi connectivity index (χ1n) is 10.1. The minimum atomic E-state index is -4.82. The van der Waals surface area contributed by atoms with E-state index in [1.54, 1.807) is 26.0 Å². The summed E-state index contributed by atoms with van der Waals surface area (Å²) in [4.78, 5) is 19.1. The number of urea groups is 1. The van der Waals surface area contributed by atoms with Crippen molar-refractivity contribution in [1.82, 2.24) is 4.98 Å². The van der Waals surface area contributed by atoms with Crippen molar-refractivity contribution in [2.45, 2.75) is 32.3 Å². The number of anilines is 1. The Morgan fingerprint density at radius 1 is 1.15 bits per heavy atom. The second kappa shape index (κ2) is 7.89. The van der Waals surface area contributed by atoms with Crippen molar-refractivity contribution in [2.24, 2.45) is 0 Å². The minimum absolute atomic E-state index is 0.0922. The Labute approximate surface area is 188 Å². The van der Waals surface area contributed by atoms with Crippen LogP contribution in [-0.2, 0) is 6.54 Å². The molecular weight excluding hydrogens is 439 g/mol. The highest BCUT2D eigenvalue weighted by molar-refractivity contribution is 5.90. The zero-order chi connectivity index (χ0) is 24.0. The predicted molar refractivity (Wildman–Crippen MR) is 116 cm³/mol. The molecule has 2 aromatic carbocycles. The Balaban J connectivity index is 1.68. The van der Waals surface area contributed by atoms with Gasteiger partial charge in [-0.15, -0.1) is 13.2 Å². The number of ether oxygens (including phenoxy) is 2. The summed E-state index contributed by atoms with van der Waals surface area (Å²) in [5, 5.41) is 14.8. The standard InChI is InChI=1S/C23H22F3N3O4/c1-22(2)14-28(16-8-10-17(11-9-16)33-23(24,25)26)21(30)29(22,31)13-15-12-20(32-3)27-19-7-5-4-6-18(15)19/h4-12H,13-14H2,1-3H3. The van der Waals surface area contributed by atoms with Crippen molar-refractivity contribution in [1.29, 1.82) is 0 Å². The summed E-state index contributed by atoms with van der Waals surface area (Å²) in [6.07, 6.45) is -4.82. The molecule has 10 heteroatoms. The number of methoxy groups -OCH3 is 1. The topological polar surface area (TPSA) is 74.7 Å². The van der Waals surface area contributed by atoms with Gasteiger partial charge in [-0.25, -0.2) is 9.78 Å². The molecule has 0 radical (unpaired) electrons. The Morgan fingerprint density at radius 3 is 2.45 bits per heavy atom. The summed E-state index contributed by atoms with van der Waals surface area (Å²) >= 11 is 0. The van der Waals surface area contributed by atoms with Crippen LogP contribution in [0, 0.1) is 5.21 Å². The maximum atomic E-state index is 14.0. The number of benzene rings is 2. The number of quaternary nitrogens is 1. The fourth-order valence-electron chi connectivity index (χ4n) is 4.03. The normalized spacial score (nSPS) is 20.3. The van der Waals surface area contributed by atoms with Crippen LogP contribution >= 0.6 is 0 Å². The molecule has 3 aromatic rings. The Morgan fingerprint density at radius 2 is 1.82 bits per heavy atom. The monoisotopic (exact) mass is 461 g/mol. The maximum absolute atomic E-state index is 14.0. The molecular formula is C23H22F3N3O4. The van der Waals surface area contributed by atoms with Crippen LogP contribution in [-0.4, -0.2) is 41.2 Å². The van der Waals surface area contributed by atoms with Crippen LogP contribution in [0.1, 0.15) is 19.4 Å². The van der Waals surface area contributed by atoms with Gasteiger partial charge in [-0.1, -0.05) is 18.2 Å². The molecule has 174 valence electrons. The van der Waals surface area contributed by atoms with Crippen molar-refractivity contribution in [3.8, 4) is 11.6 Å². The molecule has 7 nitrogen and oxygen atoms in total. The summed E-state index contributed by atoms with van der Waals surface area (Å²) in [6.45, 7) is 3.32. The number of rotatable bonds is 5. The van der Waals surface area contributed by atoms with Gasteiger partial charge >= 0.3 is 12.4 Å². The summed E-state index contributed by atoms with van der Waals surface area (Å²) < 4.78 is 45.3. The number of halogens is 3. The third kappa shape index (κ3) is 4.19. The predicted octanol–water partition coefficient (Wildman–Crippen LogP) is 5.38. The molecule has 1 aliphatic rings. The largest absolute Gasteiger partial charge is 0.623 e. The number of hydrogen-bond donors (Lipinski definition) is 0. The molecule has 1 fully saturated rings. The molecule has 1 aliphatic heterocycles. The Kier molecular flexibility index (Phi) is 5.45. The molecule has 33 heavy (non-hydrogen) atoms. The Bertz CT molecular complexity index is 1200. The van der Waals surface area contributed by atoms with Gasteiger partial charge < -0.3 is 14.7 Å². The SMILES string of the molecule is COc1cc(C[N+]2([O-])C(=O)N(c3ccc(OC(F)(F)F)cc3)CC2(C)C)c2ccccc2n1. The van der Waals surface area contributed by atoms with Gasteiger partial charge in [0.05, 0.1) is 19.2 Å². The highest BCUT2D eigenvalue weighted by atomic mass is 19.4. The molecule has 1 saturated heterocycles. The van der Waals surface area contributed by atoms with Gasteiger partial charge in [0, 0.05) is 22.7 Å². The van der Waals surface area contributed by atoms with E-state index in [2.05, 4.69) is 9.72 Å². The lowest BCUT2D eigenvalue weighted by atomic mass is 10.0. The van der Waals surface area contributed by atoms with E-state index in [9.17, 15) is 23.2 Å². The van der Waals surface area contributed by atoms with Crippen LogP contribution in [0.5, 0.6) is 11.6 Å². The second-order valence-electron chi connectivity index (χ2n) is 8.46. The zero-order valence-corrected chi connectivity index (χ0v) is 18.2. The fraction of sp³-hybridized carbons (Fsp3) is 0.304. The van der Waals surface area contributed by atoms with E-state index in [1.165, 1.54) is 24.1 Å². The van der Waals surface area contributed by atoms with Gasteiger partial charge in [-0.05, 0) is 44.2 Å². The second-order valence-corrected chi connectivity index (χ2v) is 8.46. The van der Waals surface area contributed by atoms with Crippen LogP contribution in [0.4, 0.5) is 23.7 Å². The number of pyridine rings is 1. The number of carbonyl (C=O) groups excluding carboxylic acids is 1. The number of nitrogens with zero attached hydrogens (tertiary/aromatic N) is 3. The van der Waals surface area contributed by atoms with Crippen molar-refractivity contribution in [3.05, 3.63) is 65.4 Å². The van der Waals surface area contributed by atoms with E-state index in [0.29, 0.717) is 22.6 Å². The number of carbonyl (C=O) groups is 1. The highest BCUT2D eigenvalue weighted by Crippen LogP contribution is 2.40. The number of fused-ring (bicyclic) bond motifs is 1. The quantitative estimate of drug-likeness (QED) is 0.377. The van der Waals surface area contributed by atoms with Crippen molar-refractivity contribution >= 4 is 22.6 Å². The summed E-state index contributed by atoms with van der Waals surface area (Å²) in [6, 6.07) is 13.1. The minimum Gasteiger partial charge on any atom is -0.623 e. The summed E-state index contributed by atoms with van der Waals surface area (Å²) in [7, 11) is 1.47. The molecule has 2 heterocycles. The van der Waals surface area contributed by atoms with Crippen LogP contribution in [0.15, 0.2) is 54.6 Å². The molecule has 0 N–H and O–H groups in total. The molecule has 1 atom stereocenters. The van der Waals surface area contributed by atoms with Crippen molar-refractivity contribution < 1.29 is 32.1 Å². The summed E-state index contributed by atoms with van der Waals surface area (Å²) in [5.41, 5.74) is 0.538. The average molecular weight is 461 g/mol. The Hall–Kier alpha value is -3.37. The maximum Gasteiger partial charge on any atom is 0.573 e. The van der Waals surface area contributed by atoms with Gasteiger partial charge in [-0.2, -0.15) is 0 Å². The number of aromatic nitrogens is 1. The molecule has 0 saturated carbocycles. The molecule has 1 aromatic heterocycles. The van der Waals surface area contributed by atoms with E-state index < -0.39 is 28.3 Å². The van der Waals surface area contributed by atoms with Crippen LogP contribution < -0.4 is 14.4 Å². The third-order valence-corrected chi connectivity index (χ3v) is 5.83. The van der Waals surface area contributed by atoms with Gasteiger partial charge in [0.1, 0.15) is 17.8 Å². The first kappa shape index (κ1) is 22.8. The van der Waals surface area contributed by atoms with Gasteiger partial charge in [0.2, 0.25) is 5.88 Å². The number of alkyl halides is 3.